The normalized spacial score (nSPS) is 16.8. The number of benzene rings is 2. The van der Waals surface area contributed by atoms with Gasteiger partial charge < -0.3 is 9.73 Å². The quantitative estimate of drug-likeness (QED) is 0.452. The van der Waals surface area contributed by atoms with Gasteiger partial charge in [-0.05, 0) is 72.4 Å². The molecule has 3 aromatic rings. The van der Waals surface area contributed by atoms with Crippen LogP contribution in [0.5, 0.6) is 0 Å². The maximum absolute atomic E-state index is 11.8. The van der Waals surface area contributed by atoms with Crippen LogP contribution in [-0.4, -0.2) is 11.1 Å². The summed E-state index contributed by atoms with van der Waals surface area (Å²) in [6, 6.07) is 15.8. The monoisotopic (exact) mass is 448 g/mol. The SMILES string of the molecule is O=C1NC(=Nc2ccc(Cl)cc2)/C(=C/c2ccc(-c3cc(Cl)cc(Cl)c3)o2)S1. The van der Waals surface area contributed by atoms with E-state index in [1.165, 1.54) is 0 Å². The predicted molar refractivity (Wildman–Crippen MR) is 117 cm³/mol. The van der Waals surface area contributed by atoms with Crippen LogP contribution < -0.4 is 5.32 Å². The van der Waals surface area contributed by atoms with Crippen molar-refractivity contribution < 1.29 is 9.21 Å². The Labute approximate surface area is 180 Å². The Morgan fingerprint density at radius 1 is 0.929 bits per heavy atom. The summed E-state index contributed by atoms with van der Waals surface area (Å²) in [7, 11) is 0. The fourth-order valence-electron chi connectivity index (χ4n) is 2.57. The largest absolute Gasteiger partial charge is 0.457 e. The molecule has 0 radical (unpaired) electrons. The lowest BCUT2D eigenvalue weighted by molar-refractivity contribution is 0.265. The van der Waals surface area contributed by atoms with Crippen molar-refractivity contribution in [3.63, 3.8) is 0 Å². The summed E-state index contributed by atoms with van der Waals surface area (Å²) < 4.78 is 5.87. The number of thioether (sulfide) groups is 1. The highest BCUT2D eigenvalue weighted by Crippen LogP contribution is 2.32. The molecule has 2 aromatic carbocycles. The molecule has 1 fully saturated rings. The van der Waals surface area contributed by atoms with Crippen molar-refractivity contribution in [2.24, 2.45) is 4.99 Å². The number of nitrogens with one attached hydrogen (secondary N) is 1. The van der Waals surface area contributed by atoms with E-state index in [1.54, 1.807) is 54.6 Å². The Bertz CT molecular complexity index is 1100. The fourth-order valence-corrected chi connectivity index (χ4v) is 3.94. The highest BCUT2D eigenvalue weighted by molar-refractivity contribution is 8.18. The van der Waals surface area contributed by atoms with Crippen LogP contribution in [-0.2, 0) is 0 Å². The molecule has 1 aromatic heterocycles. The second-order valence-electron chi connectivity index (χ2n) is 5.82. The van der Waals surface area contributed by atoms with Gasteiger partial charge in [0, 0.05) is 20.6 Å². The molecule has 2 heterocycles. The van der Waals surface area contributed by atoms with E-state index in [-0.39, 0.29) is 5.24 Å². The predicted octanol–water partition coefficient (Wildman–Crippen LogP) is 7.43. The van der Waals surface area contributed by atoms with Crippen LogP contribution in [0, 0.1) is 0 Å². The standard InChI is InChI=1S/C20H11Cl3N2O2S/c21-12-1-3-15(4-2-12)24-19-18(28-20(26)25-19)10-16-5-6-17(27-16)11-7-13(22)9-14(23)8-11/h1-10H,(H,24,25,26)/b18-10-. The molecule has 1 saturated heterocycles. The van der Waals surface area contributed by atoms with Gasteiger partial charge in [0.15, 0.2) is 0 Å². The second kappa shape index (κ2) is 8.05. The van der Waals surface area contributed by atoms with Gasteiger partial charge in [0.25, 0.3) is 5.24 Å². The average molecular weight is 450 g/mol. The maximum atomic E-state index is 11.8. The molecule has 0 bridgehead atoms. The number of aliphatic imine (C=N–C) groups is 1. The number of rotatable bonds is 3. The third-order valence-electron chi connectivity index (χ3n) is 3.77. The van der Waals surface area contributed by atoms with Crippen molar-refractivity contribution in [2.45, 2.75) is 0 Å². The van der Waals surface area contributed by atoms with Crippen LogP contribution in [0.15, 0.2) is 68.9 Å². The van der Waals surface area contributed by atoms with Crippen LogP contribution in [0.4, 0.5) is 10.5 Å². The van der Waals surface area contributed by atoms with Gasteiger partial charge in [-0.25, -0.2) is 4.99 Å². The van der Waals surface area contributed by atoms with Gasteiger partial charge in [0.1, 0.15) is 17.4 Å². The maximum Gasteiger partial charge on any atom is 0.289 e. The van der Waals surface area contributed by atoms with Crippen LogP contribution in [0.25, 0.3) is 17.4 Å². The van der Waals surface area contributed by atoms with E-state index in [0.717, 1.165) is 17.3 Å². The molecule has 1 aliphatic heterocycles. The topological polar surface area (TPSA) is 54.6 Å². The van der Waals surface area contributed by atoms with Crippen molar-refractivity contribution >= 4 is 69.4 Å². The molecule has 8 heteroatoms. The van der Waals surface area contributed by atoms with Gasteiger partial charge >= 0.3 is 0 Å². The second-order valence-corrected chi connectivity index (χ2v) is 8.14. The minimum absolute atomic E-state index is 0.202. The molecule has 0 unspecified atom stereocenters. The van der Waals surface area contributed by atoms with Crippen LogP contribution in [0.3, 0.4) is 0 Å². The van der Waals surface area contributed by atoms with Crippen molar-refractivity contribution in [1.82, 2.24) is 5.32 Å². The van der Waals surface area contributed by atoms with Gasteiger partial charge in [-0.2, -0.15) is 0 Å². The number of hydrogen-bond donors (Lipinski definition) is 1. The minimum Gasteiger partial charge on any atom is -0.457 e. The van der Waals surface area contributed by atoms with E-state index >= 15 is 0 Å². The van der Waals surface area contributed by atoms with E-state index in [1.807, 2.05) is 6.07 Å². The van der Waals surface area contributed by atoms with Crippen molar-refractivity contribution in [1.29, 1.82) is 0 Å². The van der Waals surface area contributed by atoms with Gasteiger partial charge in [-0.15, -0.1) is 0 Å². The van der Waals surface area contributed by atoms with Crippen LogP contribution >= 0.6 is 46.6 Å². The Hall–Kier alpha value is -2.18. The van der Waals surface area contributed by atoms with Gasteiger partial charge in [0.05, 0.1) is 10.6 Å². The first-order chi connectivity index (χ1) is 13.5. The summed E-state index contributed by atoms with van der Waals surface area (Å²) in [4.78, 5) is 17.0. The number of hydrogen-bond acceptors (Lipinski definition) is 4. The fraction of sp³-hybridized carbons (Fsp3) is 0. The molecule has 0 spiro atoms. The Morgan fingerprint density at radius 3 is 2.36 bits per heavy atom. The first kappa shape index (κ1) is 19.2. The first-order valence-corrected chi connectivity index (χ1v) is 10.0. The van der Waals surface area contributed by atoms with E-state index in [9.17, 15) is 4.79 Å². The van der Waals surface area contributed by atoms with Crippen molar-refractivity contribution in [2.75, 3.05) is 0 Å². The van der Waals surface area contributed by atoms with E-state index in [2.05, 4.69) is 10.3 Å². The highest BCUT2D eigenvalue weighted by atomic mass is 35.5. The minimum atomic E-state index is -0.202. The third-order valence-corrected chi connectivity index (χ3v) is 5.28. The summed E-state index contributed by atoms with van der Waals surface area (Å²) in [5, 5.41) is 4.21. The Morgan fingerprint density at radius 2 is 1.64 bits per heavy atom. The molecule has 1 aliphatic rings. The number of halogens is 3. The summed E-state index contributed by atoms with van der Waals surface area (Å²) in [5.41, 5.74) is 1.45. The van der Waals surface area contributed by atoms with Gasteiger partial charge in [-0.3, -0.25) is 4.79 Å². The zero-order chi connectivity index (χ0) is 19.7. The Balaban J connectivity index is 1.64. The van der Waals surface area contributed by atoms with Crippen LogP contribution in [0.2, 0.25) is 15.1 Å². The molecule has 0 aliphatic carbocycles. The molecule has 4 nitrogen and oxygen atoms in total. The molecule has 0 atom stereocenters. The lowest BCUT2D eigenvalue weighted by Crippen LogP contribution is -2.18. The molecule has 28 heavy (non-hydrogen) atoms. The summed E-state index contributed by atoms with van der Waals surface area (Å²) >= 11 is 19.1. The zero-order valence-electron chi connectivity index (χ0n) is 14.1. The molecule has 4 rings (SSSR count). The number of amides is 1. The van der Waals surface area contributed by atoms with E-state index in [4.69, 9.17) is 39.2 Å². The van der Waals surface area contributed by atoms with Gasteiger partial charge in [0.2, 0.25) is 0 Å². The van der Waals surface area contributed by atoms with E-state index < -0.39 is 0 Å². The van der Waals surface area contributed by atoms with Crippen molar-refractivity contribution in [3.05, 3.63) is 80.3 Å². The molecule has 140 valence electrons. The van der Waals surface area contributed by atoms with Gasteiger partial charge in [-0.1, -0.05) is 34.8 Å². The number of amidine groups is 1. The number of carbonyl (C=O) groups excluding carboxylic acids is 1. The van der Waals surface area contributed by atoms with Crippen molar-refractivity contribution in [3.8, 4) is 11.3 Å². The Kier molecular flexibility index (Phi) is 5.51. The summed E-state index contributed by atoms with van der Waals surface area (Å²) in [6.45, 7) is 0. The first-order valence-electron chi connectivity index (χ1n) is 8.08. The molecule has 1 amide bonds. The molecular formula is C20H11Cl3N2O2S. The van der Waals surface area contributed by atoms with E-state index in [0.29, 0.717) is 43.0 Å². The molecule has 1 N–H and O–H groups in total. The lowest BCUT2D eigenvalue weighted by atomic mass is 10.2. The zero-order valence-corrected chi connectivity index (χ0v) is 17.2. The average Bonchev–Trinajstić information content (AvgIpc) is 3.23. The number of carbonyl (C=O) groups is 1. The summed E-state index contributed by atoms with van der Waals surface area (Å²) in [6.07, 6.45) is 1.76. The lowest BCUT2D eigenvalue weighted by Gasteiger charge is -2.00. The molecular weight excluding hydrogens is 439 g/mol. The number of furan rings is 1. The smallest absolute Gasteiger partial charge is 0.289 e. The van der Waals surface area contributed by atoms with Crippen LogP contribution in [0.1, 0.15) is 5.76 Å². The highest BCUT2D eigenvalue weighted by Gasteiger charge is 2.24. The summed E-state index contributed by atoms with van der Waals surface area (Å²) in [5.74, 6) is 1.66. The molecule has 0 saturated carbocycles. The number of nitrogens with zero attached hydrogens (tertiary/aromatic N) is 1. The third kappa shape index (κ3) is 4.45.